The monoisotopic (exact) mass is 450 g/mol. The first-order chi connectivity index (χ1) is 13.4. The van der Waals surface area contributed by atoms with E-state index in [0.717, 1.165) is 12.1 Å². The van der Waals surface area contributed by atoms with Gasteiger partial charge < -0.3 is 9.29 Å². The van der Waals surface area contributed by atoms with Gasteiger partial charge in [-0.25, -0.2) is 10.2 Å². The number of aliphatic carboxylic acids is 1. The molecule has 0 radical (unpaired) electrons. The van der Waals surface area contributed by atoms with E-state index < -0.39 is 33.3 Å². The van der Waals surface area contributed by atoms with E-state index in [1.165, 1.54) is 36.4 Å². The van der Waals surface area contributed by atoms with E-state index >= 15 is 0 Å². The number of hydrazone groups is 1. The first-order valence-corrected chi connectivity index (χ1v) is 9.17. The molecule has 0 aliphatic carbocycles. The molecule has 0 unspecified atom stereocenters. The fourth-order valence-corrected chi connectivity index (χ4v) is 2.49. The summed E-state index contributed by atoms with van der Waals surface area (Å²) >= 11 is 5.80. The number of alkyl halides is 3. The number of carbonyl (C=O) groups excluding carboxylic acids is 1. The van der Waals surface area contributed by atoms with Crippen molar-refractivity contribution in [2.24, 2.45) is 5.10 Å². The van der Waals surface area contributed by atoms with Crippen LogP contribution in [0, 0.1) is 0 Å². The summed E-state index contributed by atoms with van der Waals surface area (Å²) in [7, 11) is -5.84. The van der Waals surface area contributed by atoms with E-state index in [0.29, 0.717) is 10.6 Å². The Balaban J connectivity index is 2.38. The third-order valence-corrected chi connectivity index (χ3v) is 4.43. The lowest BCUT2D eigenvalue weighted by molar-refractivity contribution is -0.150. The molecule has 0 saturated heterocycles. The molecular weight excluding hydrogens is 441 g/mol. The van der Waals surface area contributed by atoms with E-state index in [-0.39, 0.29) is 11.3 Å². The second-order valence-electron chi connectivity index (χ2n) is 5.22. The summed E-state index contributed by atoms with van der Waals surface area (Å²) in [6.45, 7) is 0. The normalized spacial score (nSPS) is 12.3. The Morgan fingerprint density at radius 3 is 1.93 bits per heavy atom. The Hall–Kier alpha value is -3.12. The summed E-state index contributed by atoms with van der Waals surface area (Å²) in [6.07, 6.45) is 0. The highest BCUT2D eigenvalue weighted by Crippen LogP contribution is 2.27. The van der Waals surface area contributed by atoms with E-state index in [2.05, 4.69) is 9.28 Å². The van der Waals surface area contributed by atoms with Gasteiger partial charge >= 0.3 is 27.5 Å². The molecule has 0 aliphatic rings. The number of benzene rings is 2. The van der Waals surface area contributed by atoms with Crippen LogP contribution in [0.2, 0.25) is 5.02 Å². The smallest absolute Gasteiger partial charge is 0.474 e. The largest absolute Gasteiger partial charge is 0.534 e. The SMILES string of the molecule is O=C(O)C(=O)N/N=C(\c1ccc(Cl)cc1)c1ccc(OS(=O)(=O)C(F)(F)F)cc1. The van der Waals surface area contributed by atoms with Gasteiger partial charge in [0.1, 0.15) is 5.75 Å². The van der Waals surface area contributed by atoms with Gasteiger partial charge in [-0.3, -0.25) is 4.79 Å². The average molecular weight is 451 g/mol. The minimum Gasteiger partial charge on any atom is -0.474 e. The van der Waals surface area contributed by atoms with Crippen molar-refractivity contribution >= 4 is 39.3 Å². The Morgan fingerprint density at radius 1 is 1.00 bits per heavy atom. The molecule has 8 nitrogen and oxygen atoms in total. The van der Waals surface area contributed by atoms with Crippen molar-refractivity contribution in [3.8, 4) is 5.75 Å². The van der Waals surface area contributed by atoms with E-state index in [1.807, 2.05) is 5.43 Å². The summed E-state index contributed by atoms with van der Waals surface area (Å²) in [5.74, 6) is -3.82. The minimum atomic E-state index is -5.84. The number of carboxylic acids is 1. The molecule has 2 aromatic rings. The summed E-state index contributed by atoms with van der Waals surface area (Å²) in [5.41, 5.74) is -3.18. The lowest BCUT2D eigenvalue weighted by atomic mass is 10.0. The Kier molecular flexibility index (Phi) is 6.49. The molecule has 0 aromatic heterocycles. The maximum Gasteiger partial charge on any atom is 0.534 e. The standard InChI is InChI=1S/C16H10ClF3N2O6S/c17-11-5-1-9(2-6-11)13(21-22-14(23)15(24)25)10-3-7-12(8-4-10)28-29(26,27)16(18,19)20/h1-8H,(H,22,23)(H,24,25)/b21-13+. The molecule has 0 aliphatic heterocycles. The number of halogens is 4. The summed E-state index contributed by atoms with van der Waals surface area (Å²) < 4.78 is 63.3. The fourth-order valence-electron chi connectivity index (χ4n) is 1.90. The number of hydrogen-bond acceptors (Lipinski definition) is 6. The highest BCUT2D eigenvalue weighted by molar-refractivity contribution is 7.88. The highest BCUT2D eigenvalue weighted by Gasteiger charge is 2.48. The molecule has 0 saturated carbocycles. The van der Waals surface area contributed by atoms with Gasteiger partial charge in [-0.2, -0.15) is 26.7 Å². The van der Waals surface area contributed by atoms with E-state index in [9.17, 15) is 31.2 Å². The third kappa shape index (κ3) is 5.68. The molecule has 0 fully saturated rings. The van der Waals surface area contributed by atoms with Crippen LogP contribution in [0.3, 0.4) is 0 Å². The molecule has 154 valence electrons. The molecule has 0 atom stereocenters. The number of nitrogens with zero attached hydrogens (tertiary/aromatic N) is 1. The Bertz CT molecular complexity index is 1050. The molecule has 13 heteroatoms. The van der Waals surface area contributed by atoms with Crippen LogP contribution in [0.25, 0.3) is 0 Å². The van der Waals surface area contributed by atoms with E-state index in [4.69, 9.17) is 16.7 Å². The van der Waals surface area contributed by atoms with Crippen molar-refractivity contribution in [3.05, 3.63) is 64.7 Å². The van der Waals surface area contributed by atoms with Crippen LogP contribution in [-0.4, -0.2) is 36.6 Å². The highest BCUT2D eigenvalue weighted by atomic mass is 35.5. The van der Waals surface area contributed by atoms with Crippen LogP contribution in [-0.2, 0) is 19.7 Å². The molecule has 2 N–H and O–H groups in total. The average Bonchev–Trinajstić information content (AvgIpc) is 2.63. The van der Waals surface area contributed by atoms with Gasteiger partial charge in [0.15, 0.2) is 0 Å². The predicted octanol–water partition coefficient (Wildman–Crippen LogP) is 2.52. The minimum absolute atomic E-state index is 0.0292. The van der Waals surface area contributed by atoms with Crippen molar-refractivity contribution in [2.45, 2.75) is 5.51 Å². The Morgan fingerprint density at radius 2 is 1.48 bits per heavy atom. The molecule has 2 rings (SSSR count). The zero-order valence-electron chi connectivity index (χ0n) is 14.0. The summed E-state index contributed by atoms with van der Waals surface area (Å²) in [4.78, 5) is 21.9. The molecule has 1 amide bonds. The second-order valence-corrected chi connectivity index (χ2v) is 7.20. The topological polar surface area (TPSA) is 122 Å². The predicted molar refractivity (Wildman–Crippen MR) is 94.9 cm³/mol. The number of carbonyl (C=O) groups is 2. The molecule has 0 spiro atoms. The molecule has 0 heterocycles. The number of nitrogens with one attached hydrogen (secondary N) is 1. The van der Waals surface area contributed by atoms with Crippen LogP contribution < -0.4 is 9.61 Å². The zero-order chi connectivity index (χ0) is 21.8. The molecule has 2 aromatic carbocycles. The van der Waals surface area contributed by atoms with Gasteiger partial charge in [0.25, 0.3) is 0 Å². The molecular formula is C16H10ClF3N2O6S. The van der Waals surface area contributed by atoms with E-state index in [1.54, 1.807) is 0 Å². The van der Waals surface area contributed by atoms with Gasteiger partial charge in [-0.1, -0.05) is 23.7 Å². The summed E-state index contributed by atoms with van der Waals surface area (Å²) in [6, 6.07) is 10.2. The van der Waals surface area contributed by atoms with Gasteiger partial charge in [0.05, 0.1) is 5.71 Å². The van der Waals surface area contributed by atoms with Crippen molar-refractivity contribution < 1.29 is 40.5 Å². The van der Waals surface area contributed by atoms with Gasteiger partial charge in [-0.15, -0.1) is 0 Å². The zero-order valence-corrected chi connectivity index (χ0v) is 15.5. The number of rotatable bonds is 5. The number of amides is 1. The van der Waals surface area contributed by atoms with Gasteiger partial charge in [0.2, 0.25) is 0 Å². The first kappa shape index (κ1) is 22.2. The fraction of sp³-hybridized carbons (Fsp3) is 0.0625. The second kappa shape index (κ2) is 8.49. The van der Waals surface area contributed by atoms with Crippen LogP contribution >= 0.6 is 11.6 Å². The quantitative estimate of drug-likeness (QED) is 0.237. The van der Waals surface area contributed by atoms with Crippen molar-refractivity contribution in [2.75, 3.05) is 0 Å². The van der Waals surface area contributed by atoms with Gasteiger partial charge in [-0.05, 0) is 36.4 Å². The Labute approximate surface area is 166 Å². The van der Waals surface area contributed by atoms with Crippen LogP contribution in [0.1, 0.15) is 11.1 Å². The van der Waals surface area contributed by atoms with Crippen LogP contribution in [0.4, 0.5) is 13.2 Å². The maximum absolute atomic E-state index is 12.4. The molecule has 29 heavy (non-hydrogen) atoms. The lowest BCUT2D eigenvalue weighted by Gasteiger charge is -2.11. The third-order valence-electron chi connectivity index (χ3n) is 3.20. The lowest BCUT2D eigenvalue weighted by Crippen LogP contribution is -2.28. The van der Waals surface area contributed by atoms with Crippen molar-refractivity contribution in [3.63, 3.8) is 0 Å². The van der Waals surface area contributed by atoms with Gasteiger partial charge in [0, 0.05) is 16.1 Å². The van der Waals surface area contributed by atoms with Crippen molar-refractivity contribution in [1.29, 1.82) is 0 Å². The number of carboxylic acid groups (broad SMARTS) is 1. The van der Waals surface area contributed by atoms with Crippen LogP contribution in [0.15, 0.2) is 53.6 Å². The van der Waals surface area contributed by atoms with Crippen LogP contribution in [0.5, 0.6) is 5.75 Å². The maximum atomic E-state index is 12.4. The first-order valence-electron chi connectivity index (χ1n) is 7.39. The molecule has 0 bridgehead atoms. The summed E-state index contributed by atoms with van der Waals surface area (Å²) in [5, 5.41) is 12.7. The van der Waals surface area contributed by atoms with Crippen molar-refractivity contribution in [1.82, 2.24) is 5.43 Å². The number of hydrogen-bond donors (Lipinski definition) is 2.